The van der Waals surface area contributed by atoms with Crippen LogP contribution >= 0.6 is 0 Å². The van der Waals surface area contributed by atoms with Crippen molar-refractivity contribution in [2.75, 3.05) is 33.0 Å². The van der Waals surface area contributed by atoms with Crippen LogP contribution in [0.2, 0.25) is 0 Å². The van der Waals surface area contributed by atoms with Gasteiger partial charge in [-0.3, -0.25) is 4.79 Å². The van der Waals surface area contributed by atoms with Crippen molar-refractivity contribution in [3.05, 3.63) is 97.2 Å². The molecule has 0 aromatic carbocycles. The summed E-state index contributed by atoms with van der Waals surface area (Å²) >= 11 is 0. The Hall–Kier alpha value is -3.09. The van der Waals surface area contributed by atoms with E-state index < -0.39 is 80.7 Å². The minimum absolute atomic E-state index is 0.0497. The quantitative estimate of drug-likeness (QED) is 0.0172. The van der Waals surface area contributed by atoms with Crippen molar-refractivity contribution in [2.24, 2.45) is 0 Å². The highest BCUT2D eigenvalue weighted by Gasteiger charge is 2.47. The van der Waals surface area contributed by atoms with Crippen LogP contribution in [0.4, 0.5) is 0 Å². The van der Waals surface area contributed by atoms with Crippen LogP contribution in [0.15, 0.2) is 97.2 Å². The second-order valence-electron chi connectivity index (χ2n) is 22.6. The van der Waals surface area contributed by atoms with E-state index in [4.69, 9.17) is 28.4 Å². The molecule has 83 heavy (non-hydrogen) atoms. The van der Waals surface area contributed by atoms with Gasteiger partial charge in [-0.25, -0.2) is 0 Å². The number of hydrogen-bond donors (Lipinski definition) is 7. The number of allylic oxidation sites excluding steroid dienone is 16. The highest BCUT2D eigenvalue weighted by atomic mass is 16.7. The van der Waals surface area contributed by atoms with Crippen molar-refractivity contribution >= 4 is 5.97 Å². The van der Waals surface area contributed by atoms with Crippen molar-refractivity contribution in [3.8, 4) is 0 Å². The zero-order valence-electron chi connectivity index (χ0n) is 51.7. The summed E-state index contributed by atoms with van der Waals surface area (Å²) in [6, 6.07) is 0. The lowest BCUT2D eigenvalue weighted by molar-refractivity contribution is -0.332. The third-order valence-electron chi connectivity index (χ3n) is 15.1. The van der Waals surface area contributed by atoms with Gasteiger partial charge in [-0.2, -0.15) is 0 Å². The van der Waals surface area contributed by atoms with Crippen LogP contribution in [-0.4, -0.2) is 142 Å². The van der Waals surface area contributed by atoms with Crippen molar-refractivity contribution in [2.45, 2.75) is 300 Å². The first kappa shape index (κ1) is 76.0. The van der Waals surface area contributed by atoms with Crippen LogP contribution in [0.25, 0.3) is 0 Å². The summed E-state index contributed by atoms with van der Waals surface area (Å²) in [6.07, 6.45) is 57.5. The number of carbonyl (C=O) groups excluding carboxylic acids is 1. The van der Waals surface area contributed by atoms with Crippen LogP contribution in [0.5, 0.6) is 0 Å². The van der Waals surface area contributed by atoms with Gasteiger partial charge in [-0.1, -0.05) is 227 Å². The standard InChI is InChI=1S/C69H118O14/c1-3-5-7-9-11-13-15-17-19-21-23-25-27-28-29-31-33-35-37-39-41-43-45-47-49-51-53-78-55-58(56-79-68-67(77)65(75)63(73)60(83-68)57-80-69-66(76)64(74)62(72)59(54-70)82-69)81-61(71)52-50-48-46-44-42-40-38-36-34-32-30-26-24-22-20-18-16-14-12-10-8-6-4-2/h6,8,12,14-15,17-18,20-21,23-24,26-28,32,34,58-60,62-70,72-77H,3-5,7,9-11,13,16,19,22,25,29-31,33,35-57H2,1-2H3/b8-6-,14-12-,17-15-,20-18-,23-21-,26-24-,28-27-,34-32-. The van der Waals surface area contributed by atoms with Gasteiger partial charge in [-0.15, -0.1) is 0 Å². The molecule has 2 aliphatic rings. The summed E-state index contributed by atoms with van der Waals surface area (Å²) in [4.78, 5) is 13.1. The molecule has 2 heterocycles. The predicted octanol–water partition coefficient (Wildman–Crippen LogP) is 13.3. The fraction of sp³-hybridized carbons (Fsp3) is 0.754. The minimum Gasteiger partial charge on any atom is -0.457 e. The van der Waals surface area contributed by atoms with E-state index in [9.17, 15) is 40.5 Å². The fourth-order valence-electron chi connectivity index (χ4n) is 9.85. The van der Waals surface area contributed by atoms with E-state index in [-0.39, 0.29) is 25.6 Å². The van der Waals surface area contributed by atoms with Gasteiger partial charge in [0.1, 0.15) is 54.9 Å². The van der Waals surface area contributed by atoms with E-state index in [1.54, 1.807) is 0 Å². The zero-order chi connectivity index (χ0) is 60.1. The molecule has 14 nitrogen and oxygen atoms in total. The minimum atomic E-state index is -1.72. The monoisotopic (exact) mass is 1170 g/mol. The van der Waals surface area contributed by atoms with Crippen molar-refractivity contribution in [3.63, 3.8) is 0 Å². The first-order valence-corrected chi connectivity index (χ1v) is 32.8. The Morgan fingerprint density at radius 1 is 0.410 bits per heavy atom. The molecule has 0 bridgehead atoms. The van der Waals surface area contributed by atoms with E-state index in [0.29, 0.717) is 13.0 Å². The highest BCUT2D eigenvalue weighted by molar-refractivity contribution is 5.69. The maximum Gasteiger partial charge on any atom is 0.306 e. The average molecular weight is 1170 g/mol. The summed E-state index contributed by atoms with van der Waals surface area (Å²) in [5, 5.41) is 72.6. The second kappa shape index (κ2) is 54.3. The molecular formula is C69H118O14. The smallest absolute Gasteiger partial charge is 0.306 e. The normalized spacial score (nSPS) is 24.1. The molecule has 0 aromatic heterocycles. The van der Waals surface area contributed by atoms with Crippen LogP contribution in [-0.2, 0) is 33.2 Å². The Bertz CT molecular complexity index is 1740. The fourth-order valence-corrected chi connectivity index (χ4v) is 9.85. The first-order valence-electron chi connectivity index (χ1n) is 32.8. The van der Waals surface area contributed by atoms with Crippen molar-refractivity contribution in [1.29, 1.82) is 0 Å². The Kier molecular flexibility index (Phi) is 49.7. The van der Waals surface area contributed by atoms with Crippen LogP contribution in [0.1, 0.15) is 232 Å². The molecule has 0 radical (unpaired) electrons. The van der Waals surface area contributed by atoms with E-state index in [1.165, 1.54) is 103 Å². The number of carbonyl (C=O) groups is 1. The summed E-state index contributed by atoms with van der Waals surface area (Å²) < 4.78 is 34.5. The van der Waals surface area contributed by atoms with Crippen molar-refractivity contribution in [1.82, 2.24) is 0 Å². The molecular weight excluding hydrogens is 1050 g/mol. The maximum atomic E-state index is 13.1. The number of esters is 1. The average Bonchev–Trinajstić information content (AvgIpc) is 3.49. The zero-order valence-corrected chi connectivity index (χ0v) is 51.7. The second-order valence-corrected chi connectivity index (χ2v) is 22.6. The molecule has 2 rings (SSSR count). The molecule has 14 heteroatoms. The number of ether oxygens (including phenoxy) is 6. The van der Waals surface area contributed by atoms with Gasteiger partial charge in [0.25, 0.3) is 0 Å². The predicted molar refractivity (Wildman–Crippen MR) is 334 cm³/mol. The van der Waals surface area contributed by atoms with Gasteiger partial charge < -0.3 is 64.2 Å². The molecule has 0 spiro atoms. The summed E-state index contributed by atoms with van der Waals surface area (Å²) in [5.74, 6) is -0.390. The molecule has 11 atom stereocenters. The Balaban J connectivity index is 1.68. The Morgan fingerprint density at radius 3 is 1.23 bits per heavy atom. The molecule has 0 aliphatic carbocycles. The first-order chi connectivity index (χ1) is 40.6. The molecule has 7 N–H and O–H groups in total. The van der Waals surface area contributed by atoms with E-state index in [0.717, 1.165) is 103 Å². The molecule has 478 valence electrons. The van der Waals surface area contributed by atoms with Crippen molar-refractivity contribution < 1.29 is 69.0 Å². The van der Waals surface area contributed by atoms with Crippen LogP contribution < -0.4 is 0 Å². The van der Waals surface area contributed by atoms with Gasteiger partial charge in [0.2, 0.25) is 0 Å². The molecule has 0 aromatic rings. The number of aliphatic hydroxyl groups excluding tert-OH is 7. The van der Waals surface area contributed by atoms with Gasteiger partial charge in [-0.05, 0) is 96.3 Å². The van der Waals surface area contributed by atoms with Crippen LogP contribution in [0.3, 0.4) is 0 Å². The topological polar surface area (TPSA) is 214 Å². The third kappa shape index (κ3) is 40.1. The summed E-state index contributed by atoms with van der Waals surface area (Å²) in [6.45, 7) is 3.55. The lowest BCUT2D eigenvalue weighted by Crippen LogP contribution is -2.61. The number of hydrogen-bond acceptors (Lipinski definition) is 14. The number of unbranched alkanes of at least 4 members (excludes halogenated alkanes) is 23. The molecule has 2 aliphatic heterocycles. The summed E-state index contributed by atoms with van der Waals surface area (Å²) in [5.41, 5.74) is 0. The molecule has 2 saturated heterocycles. The third-order valence-corrected chi connectivity index (χ3v) is 15.1. The number of rotatable bonds is 53. The molecule has 0 amide bonds. The Labute approximate surface area is 502 Å². The summed E-state index contributed by atoms with van der Waals surface area (Å²) in [7, 11) is 0. The van der Waals surface area contributed by atoms with E-state index in [2.05, 4.69) is 111 Å². The number of aliphatic hydroxyl groups is 7. The Morgan fingerprint density at radius 2 is 0.783 bits per heavy atom. The molecule has 0 saturated carbocycles. The van der Waals surface area contributed by atoms with Gasteiger partial charge in [0.15, 0.2) is 12.6 Å². The van der Waals surface area contributed by atoms with E-state index >= 15 is 0 Å². The molecule has 2 fully saturated rings. The molecule has 11 unspecified atom stereocenters. The lowest BCUT2D eigenvalue weighted by Gasteiger charge is -2.42. The van der Waals surface area contributed by atoms with E-state index in [1.807, 2.05) is 0 Å². The SMILES string of the molecule is CC/C=C\C/C=C\C/C=C\C/C=C\C/C=C\CCCCCCCCCC(=O)OC(COCCCCCCCCCCCCC/C=C\C/C=C\C/C=C\CCCCCCC)COC1OC(COC2OC(CO)C(O)C(O)C2O)C(O)C(O)C1O. The van der Waals surface area contributed by atoms with Crippen LogP contribution in [0, 0.1) is 0 Å². The van der Waals surface area contributed by atoms with Gasteiger partial charge in [0.05, 0.1) is 26.4 Å². The lowest BCUT2D eigenvalue weighted by atomic mass is 9.98. The van der Waals surface area contributed by atoms with Gasteiger partial charge in [0, 0.05) is 13.0 Å². The van der Waals surface area contributed by atoms with Gasteiger partial charge >= 0.3 is 5.97 Å². The highest BCUT2D eigenvalue weighted by Crippen LogP contribution is 2.27. The largest absolute Gasteiger partial charge is 0.457 e. The maximum absolute atomic E-state index is 13.1.